The SMILES string of the molecule is COc1ccc(Br)c(C(N)CC2CCCC2)c1. The highest BCUT2D eigenvalue weighted by Gasteiger charge is 2.20. The third-order valence-corrected chi connectivity index (χ3v) is 4.39. The maximum Gasteiger partial charge on any atom is 0.119 e. The van der Waals surface area contributed by atoms with Crippen LogP contribution in [-0.2, 0) is 0 Å². The van der Waals surface area contributed by atoms with Gasteiger partial charge in [-0.05, 0) is 36.1 Å². The van der Waals surface area contributed by atoms with Crippen molar-refractivity contribution in [2.24, 2.45) is 11.7 Å². The van der Waals surface area contributed by atoms with Gasteiger partial charge in [-0.3, -0.25) is 0 Å². The van der Waals surface area contributed by atoms with Crippen LogP contribution >= 0.6 is 15.9 Å². The van der Waals surface area contributed by atoms with Crippen LogP contribution in [0.3, 0.4) is 0 Å². The van der Waals surface area contributed by atoms with E-state index in [1.807, 2.05) is 18.2 Å². The van der Waals surface area contributed by atoms with Crippen LogP contribution in [0.25, 0.3) is 0 Å². The Bertz CT molecular complexity index is 374. The van der Waals surface area contributed by atoms with Crippen LogP contribution in [0.5, 0.6) is 5.75 Å². The topological polar surface area (TPSA) is 35.2 Å². The molecule has 0 amide bonds. The Kier molecular flexibility index (Phi) is 4.46. The first-order valence-electron chi connectivity index (χ1n) is 6.29. The van der Waals surface area contributed by atoms with Crippen molar-refractivity contribution < 1.29 is 4.74 Å². The number of nitrogens with two attached hydrogens (primary N) is 1. The van der Waals surface area contributed by atoms with Crippen molar-refractivity contribution in [1.82, 2.24) is 0 Å². The molecule has 0 saturated heterocycles. The molecule has 2 nitrogen and oxygen atoms in total. The fraction of sp³-hybridized carbons (Fsp3) is 0.571. The largest absolute Gasteiger partial charge is 0.497 e. The van der Waals surface area contributed by atoms with Crippen molar-refractivity contribution in [1.29, 1.82) is 0 Å². The minimum Gasteiger partial charge on any atom is -0.497 e. The van der Waals surface area contributed by atoms with Crippen molar-refractivity contribution in [2.75, 3.05) is 7.11 Å². The van der Waals surface area contributed by atoms with Gasteiger partial charge in [0.1, 0.15) is 5.75 Å². The van der Waals surface area contributed by atoms with Crippen molar-refractivity contribution >= 4 is 15.9 Å². The summed E-state index contributed by atoms with van der Waals surface area (Å²) in [5, 5.41) is 0. The maximum atomic E-state index is 6.31. The molecule has 1 aliphatic rings. The Morgan fingerprint density at radius 3 is 2.76 bits per heavy atom. The summed E-state index contributed by atoms with van der Waals surface area (Å²) in [6.45, 7) is 0. The minimum atomic E-state index is 0.113. The summed E-state index contributed by atoms with van der Waals surface area (Å²) >= 11 is 3.57. The molecule has 1 aromatic rings. The van der Waals surface area contributed by atoms with Gasteiger partial charge < -0.3 is 10.5 Å². The van der Waals surface area contributed by atoms with Crippen molar-refractivity contribution in [3.05, 3.63) is 28.2 Å². The summed E-state index contributed by atoms with van der Waals surface area (Å²) < 4.78 is 6.34. The van der Waals surface area contributed by atoms with Crippen LogP contribution in [0.4, 0.5) is 0 Å². The fourth-order valence-electron chi connectivity index (χ4n) is 2.67. The van der Waals surface area contributed by atoms with E-state index in [-0.39, 0.29) is 6.04 Å². The molecule has 2 N–H and O–H groups in total. The second-order valence-electron chi connectivity index (χ2n) is 4.88. The second-order valence-corrected chi connectivity index (χ2v) is 5.73. The molecule has 0 aliphatic heterocycles. The van der Waals surface area contributed by atoms with Gasteiger partial charge in [0.05, 0.1) is 7.11 Å². The van der Waals surface area contributed by atoms with Gasteiger partial charge in [0.25, 0.3) is 0 Å². The predicted octanol–water partition coefficient (Wildman–Crippen LogP) is 4.04. The Morgan fingerprint density at radius 2 is 2.12 bits per heavy atom. The smallest absolute Gasteiger partial charge is 0.119 e. The Labute approximate surface area is 112 Å². The standard InChI is InChI=1S/C14H20BrNO/c1-17-11-6-7-13(15)12(9-11)14(16)8-10-4-2-3-5-10/h6-7,9-10,14H,2-5,8,16H2,1H3. The monoisotopic (exact) mass is 297 g/mol. The Hall–Kier alpha value is -0.540. The summed E-state index contributed by atoms with van der Waals surface area (Å²) in [5.74, 6) is 1.69. The summed E-state index contributed by atoms with van der Waals surface area (Å²) in [4.78, 5) is 0. The van der Waals surface area contributed by atoms with Gasteiger partial charge in [0.2, 0.25) is 0 Å². The number of hydrogen-bond acceptors (Lipinski definition) is 2. The van der Waals surface area contributed by atoms with Gasteiger partial charge >= 0.3 is 0 Å². The molecule has 1 atom stereocenters. The first kappa shape index (κ1) is 12.9. The molecule has 17 heavy (non-hydrogen) atoms. The molecule has 0 bridgehead atoms. The number of methoxy groups -OCH3 is 1. The van der Waals surface area contributed by atoms with Crippen molar-refractivity contribution in [3.8, 4) is 5.75 Å². The molecule has 2 rings (SSSR count). The van der Waals surface area contributed by atoms with E-state index in [1.165, 1.54) is 25.7 Å². The molecule has 0 radical (unpaired) electrons. The molecule has 0 aromatic heterocycles. The van der Waals surface area contributed by atoms with Crippen LogP contribution in [0.1, 0.15) is 43.7 Å². The molecule has 1 unspecified atom stereocenters. The molecule has 1 fully saturated rings. The molecular weight excluding hydrogens is 278 g/mol. The number of rotatable bonds is 4. The van der Waals surface area contributed by atoms with Crippen molar-refractivity contribution in [3.63, 3.8) is 0 Å². The fourth-order valence-corrected chi connectivity index (χ4v) is 3.21. The average Bonchev–Trinajstić information content (AvgIpc) is 2.82. The van der Waals surface area contributed by atoms with Gasteiger partial charge in [-0.2, -0.15) is 0 Å². The van der Waals surface area contributed by atoms with E-state index in [4.69, 9.17) is 10.5 Å². The maximum absolute atomic E-state index is 6.31. The zero-order valence-corrected chi connectivity index (χ0v) is 11.9. The van der Waals surface area contributed by atoms with Gasteiger partial charge in [0.15, 0.2) is 0 Å². The van der Waals surface area contributed by atoms with Gasteiger partial charge in [-0.1, -0.05) is 41.6 Å². The molecule has 94 valence electrons. The normalized spacial score (nSPS) is 18.3. The molecule has 0 heterocycles. The number of hydrogen-bond donors (Lipinski definition) is 1. The predicted molar refractivity (Wildman–Crippen MR) is 74.2 cm³/mol. The quantitative estimate of drug-likeness (QED) is 0.910. The third-order valence-electron chi connectivity index (χ3n) is 3.66. The van der Waals surface area contributed by atoms with Crippen LogP contribution in [0, 0.1) is 5.92 Å². The van der Waals surface area contributed by atoms with Crippen LogP contribution in [0.2, 0.25) is 0 Å². The first-order chi connectivity index (χ1) is 8.20. The zero-order valence-electron chi connectivity index (χ0n) is 10.3. The summed E-state index contributed by atoms with van der Waals surface area (Å²) in [6.07, 6.45) is 6.52. The molecule has 3 heteroatoms. The van der Waals surface area contributed by atoms with Gasteiger partial charge in [-0.15, -0.1) is 0 Å². The highest BCUT2D eigenvalue weighted by molar-refractivity contribution is 9.10. The highest BCUT2D eigenvalue weighted by Crippen LogP contribution is 2.35. The molecular formula is C14H20BrNO. The van der Waals surface area contributed by atoms with E-state index >= 15 is 0 Å². The van der Waals surface area contributed by atoms with Crippen LogP contribution in [0.15, 0.2) is 22.7 Å². The lowest BCUT2D eigenvalue weighted by atomic mass is 9.94. The van der Waals surface area contributed by atoms with Crippen LogP contribution < -0.4 is 10.5 Å². The number of ether oxygens (including phenoxy) is 1. The van der Waals surface area contributed by atoms with Crippen molar-refractivity contribution in [2.45, 2.75) is 38.1 Å². The number of benzene rings is 1. The number of halogens is 1. The summed E-state index contributed by atoms with van der Waals surface area (Å²) in [5.41, 5.74) is 7.48. The minimum absolute atomic E-state index is 0.113. The lowest BCUT2D eigenvalue weighted by Crippen LogP contribution is -2.14. The first-order valence-corrected chi connectivity index (χ1v) is 7.09. The summed E-state index contributed by atoms with van der Waals surface area (Å²) in [7, 11) is 1.69. The van der Waals surface area contributed by atoms with E-state index in [0.29, 0.717) is 0 Å². The average molecular weight is 298 g/mol. The van der Waals surface area contributed by atoms with E-state index in [1.54, 1.807) is 7.11 Å². The van der Waals surface area contributed by atoms with Gasteiger partial charge in [-0.25, -0.2) is 0 Å². The van der Waals surface area contributed by atoms with E-state index in [0.717, 1.165) is 28.1 Å². The molecule has 1 aromatic carbocycles. The van der Waals surface area contributed by atoms with Gasteiger partial charge in [0, 0.05) is 10.5 Å². The Morgan fingerprint density at radius 1 is 1.41 bits per heavy atom. The van der Waals surface area contributed by atoms with E-state index in [9.17, 15) is 0 Å². The Balaban J connectivity index is 2.08. The second kappa shape index (κ2) is 5.87. The molecule has 0 spiro atoms. The van der Waals surface area contributed by atoms with E-state index < -0.39 is 0 Å². The lowest BCUT2D eigenvalue weighted by Gasteiger charge is -2.18. The van der Waals surface area contributed by atoms with E-state index in [2.05, 4.69) is 15.9 Å². The molecule has 1 aliphatic carbocycles. The third kappa shape index (κ3) is 3.23. The summed E-state index contributed by atoms with van der Waals surface area (Å²) in [6, 6.07) is 6.13. The lowest BCUT2D eigenvalue weighted by molar-refractivity contribution is 0.411. The van der Waals surface area contributed by atoms with Crippen LogP contribution in [-0.4, -0.2) is 7.11 Å². The molecule has 1 saturated carbocycles. The highest BCUT2D eigenvalue weighted by atomic mass is 79.9. The zero-order chi connectivity index (χ0) is 12.3.